The van der Waals surface area contributed by atoms with Gasteiger partial charge < -0.3 is 15.4 Å². The Morgan fingerprint density at radius 2 is 2.24 bits per heavy atom. The van der Waals surface area contributed by atoms with Gasteiger partial charge >= 0.3 is 0 Å². The minimum atomic E-state index is 0.554. The van der Waals surface area contributed by atoms with Crippen molar-refractivity contribution in [2.75, 3.05) is 44.7 Å². The van der Waals surface area contributed by atoms with Crippen LogP contribution in [0.3, 0.4) is 0 Å². The van der Waals surface area contributed by atoms with Crippen LogP contribution < -0.4 is 10.6 Å². The highest BCUT2D eigenvalue weighted by Crippen LogP contribution is 2.28. The molecule has 8 heteroatoms. The minimum absolute atomic E-state index is 0.554. The number of aromatic nitrogens is 1. The first-order valence-corrected chi connectivity index (χ1v) is 8.31. The van der Waals surface area contributed by atoms with Crippen molar-refractivity contribution in [3.63, 3.8) is 0 Å². The van der Waals surface area contributed by atoms with E-state index in [1.807, 2.05) is 6.92 Å². The van der Waals surface area contributed by atoms with E-state index in [2.05, 4.69) is 36.4 Å². The lowest BCUT2D eigenvalue weighted by Crippen LogP contribution is -2.42. The normalized spacial score (nSPS) is 15.8. The zero-order valence-corrected chi connectivity index (χ0v) is 14.9. The molecule has 0 saturated carbocycles. The second-order valence-corrected chi connectivity index (χ2v) is 6.34. The van der Waals surface area contributed by atoms with E-state index in [0.29, 0.717) is 16.0 Å². The number of halogens is 2. The minimum Gasteiger partial charge on any atom is -0.379 e. The molecule has 1 aromatic heterocycles. The zero-order valence-electron chi connectivity index (χ0n) is 11.8. The first-order valence-electron chi connectivity index (χ1n) is 6.73. The fraction of sp³-hybridized carbons (Fsp3) is 0.538. The van der Waals surface area contributed by atoms with Crippen LogP contribution >= 0.6 is 39.7 Å². The van der Waals surface area contributed by atoms with Crippen molar-refractivity contribution in [2.45, 2.75) is 6.92 Å². The molecule has 0 bridgehead atoms. The van der Waals surface area contributed by atoms with Crippen LogP contribution in [-0.2, 0) is 4.74 Å². The number of nitrogens with one attached hydrogen (secondary N) is 2. The fourth-order valence-corrected chi connectivity index (χ4v) is 2.82. The third-order valence-electron chi connectivity index (χ3n) is 3.25. The van der Waals surface area contributed by atoms with Gasteiger partial charge in [-0.05, 0) is 40.6 Å². The Bertz CT molecular complexity index is 511. The lowest BCUT2D eigenvalue weighted by atomic mass is 10.3. The van der Waals surface area contributed by atoms with Crippen molar-refractivity contribution in [2.24, 2.45) is 0 Å². The summed E-state index contributed by atoms with van der Waals surface area (Å²) in [5.41, 5.74) is 0.935. The number of thiocarbonyl (C=S) groups is 1. The summed E-state index contributed by atoms with van der Waals surface area (Å²) in [5.74, 6) is 0.667. The molecule has 1 aliphatic heterocycles. The molecule has 0 radical (unpaired) electrons. The van der Waals surface area contributed by atoms with Crippen LogP contribution in [-0.4, -0.2) is 54.4 Å². The maximum Gasteiger partial charge on any atom is 0.172 e. The molecule has 1 saturated heterocycles. The van der Waals surface area contributed by atoms with E-state index < -0.39 is 0 Å². The molecule has 116 valence electrons. The molecule has 0 atom stereocenters. The largest absolute Gasteiger partial charge is 0.379 e. The maximum absolute atomic E-state index is 6.01. The molecule has 2 rings (SSSR count). The monoisotopic (exact) mass is 392 g/mol. The van der Waals surface area contributed by atoms with E-state index in [-0.39, 0.29) is 0 Å². The van der Waals surface area contributed by atoms with Crippen molar-refractivity contribution in [3.05, 3.63) is 21.3 Å². The highest BCUT2D eigenvalue weighted by atomic mass is 79.9. The van der Waals surface area contributed by atoms with E-state index in [1.54, 1.807) is 6.20 Å². The fourth-order valence-electron chi connectivity index (χ4n) is 1.95. The van der Waals surface area contributed by atoms with Gasteiger partial charge in [-0.2, -0.15) is 0 Å². The van der Waals surface area contributed by atoms with E-state index in [0.717, 1.165) is 49.4 Å². The van der Waals surface area contributed by atoms with Gasteiger partial charge in [-0.1, -0.05) is 11.6 Å². The summed E-state index contributed by atoms with van der Waals surface area (Å²) >= 11 is 14.8. The quantitative estimate of drug-likeness (QED) is 0.766. The molecule has 1 fully saturated rings. The summed E-state index contributed by atoms with van der Waals surface area (Å²) in [7, 11) is 0. The summed E-state index contributed by atoms with van der Waals surface area (Å²) in [6.45, 7) is 7.23. The first-order chi connectivity index (χ1) is 10.1. The van der Waals surface area contributed by atoms with Gasteiger partial charge in [-0.15, -0.1) is 0 Å². The number of pyridine rings is 1. The number of hydrogen-bond acceptors (Lipinski definition) is 4. The number of hydrogen-bond donors (Lipinski definition) is 2. The molecule has 1 aromatic rings. The van der Waals surface area contributed by atoms with Crippen LogP contribution in [0.15, 0.2) is 10.7 Å². The molecule has 0 unspecified atom stereocenters. The number of ether oxygens (including phenoxy) is 1. The Hall–Kier alpha value is -0.470. The second-order valence-electron chi connectivity index (χ2n) is 4.73. The van der Waals surface area contributed by atoms with Gasteiger partial charge in [-0.25, -0.2) is 4.98 Å². The zero-order chi connectivity index (χ0) is 15.2. The van der Waals surface area contributed by atoms with Crippen LogP contribution in [0.1, 0.15) is 5.56 Å². The van der Waals surface area contributed by atoms with Crippen molar-refractivity contribution in [3.8, 4) is 0 Å². The Morgan fingerprint density at radius 1 is 1.52 bits per heavy atom. The average Bonchev–Trinajstić information content (AvgIpc) is 2.49. The SMILES string of the molecule is Cc1c(Cl)cnc(NC(=S)NCCN2CCOCC2)c1Br. The van der Waals surface area contributed by atoms with Crippen LogP contribution in [0.25, 0.3) is 0 Å². The summed E-state index contributed by atoms with van der Waals surface area (Å²) in [5, 5.41) is 7.44. The average molecular weight is 394 g/mol. The number of rotatable bonds is 4. The van der Waals surface area contributed by atoms with Crippen molar-refractivity contribution in [1.82, 2.24) is 15.2 Å². The molecule has 0 aliphatic carbocycles. The van der Waals surface area contributed by atoms with Crippen LogP contribution in [0.2, 0.25) is 5.02 Å². The van der Waals surface area contributed by atoms with Crippen molar-refractivity contribution in [1.29, 1.82) is 0 Å². The Balaban J connectivity index is 1.78. The van der Waals surface area contributed by atoms with E-state index in [4.69, 9.17) is 28.6 Å². The standard InChI is InChI=1S/C13H18BrClN4OS/c1-9-10(15)8-17-12(11(9)14)18-13(21)16-2-3-19-4-6-20-7-5-19/h8H,2-7H2,1H3,(H2,16,17,18,21). The second kappa shape index (κ2) is 8.24. The Morgan fingerprint density at radius 3 is 2.95 bits per heavy atom. The predicted molar refractivity (Wildman–Crippen MR) is 93.2 cm³/mol. The predicted octanol–water partition coefficient (Wildman–Crippen LogP) is 2.42. The van der Waals surface area contributed by atoms with Gasteiger partial charge in [0.05, 0.1) is 22.7 Å². The molecule has 0 aromatic carbocycles. The van der Waals surface area contributed by atoms with Crippen molar-refractivity contribution >= 4 is 50.7 Å². The van der Waals surface area contributed by atoms with Crippen molar-refractivity contribution < 1.29 is 4.74 Å². The van der Waals surface area contributed by atoms with Gasteiger partial charge in [0.2, 0.25) is 0 Å². The number of nitrogens with zero attached hydrogens (tertiary/aromatic N) is 2. The molecule has 5 nitrogen and oxygen atoms in total. The molecule has 2 heterocycles. The maximum atomic E-state index is 6.01. The van der Waals surface area contributed by atoms with E-state index in [1.165, 1.54) is 0 Å². The Kier molecular flexibility index (Phi) is 6.63. The van der Waals surface area contributed by atoms with Crippen LogP contribution in [0.5, 0.6) is 0 Å². The van der Waals surface area contributed by atoms with Gasteiger partial charge in [0.15, 0.2) is 5.11 Å². The lowest BCUT2D eigenvalue weighted by Gasteiger charge is -2.26. The summed E-state index contributed by atoms with van der Waals surface area (Å²) in [6, 6.07) is 0. The summed E-state index contributed by atoms with van der Waals surface area (Å²) in [4.78, 5) is 6.58. The highest BCUT2D eigenvalue weighted by Gasteiger charge is 2.11. The topological polar surface area (TPSA) is 49.4 Å². The summed E-state index contributed by atoms with van der Waals surface area (Å²) in [6.07, 6.45) is 1.61. The van der Waals surface area contributed by atoms with Gasteiger partial charge in [0.25, 0.3) is 0 Å². The third kappa shape index (κ3) is 5.03. The lowest BCUT2D eigenvalue weighted by molar-refractivity contribution is 0.0389. The highest BCUT2D eigenvalue weighted by molar-refractivity contribution is 9.10. The number of morpholine rings is 1. The smallest absolute Gasteiger partial charge is 0.172 e. The molecule has 0 spiro atoms. The molecular weight excluding hydrogens is 376 g/mol. The summed E-state index contributed by atoms with van der Waals surface area (Å²) < 4.78 is 6.14. The molecular formula is C13H18BrClN4OS. The third-order valence-corrected chi connectivity index (χ3v) is 4.85. The van der Waals surface area contributed by atoms with Gasteiger partial charge in [0, 0.05) is 32.4 Å². The number of anilines is 1. The van der Waals surface area contributed by atoms with E-state index in [9.17, 15) is 0 Å². The molecule has 1 aliphatic rings. The van der Waals surface area contributed by atoms with E-state index >= 15 is 0 Å². The Labute approximate surface area is 143 Å². The molecule has 0 amide bonds. The first kappa shape index (κ1) is 16.9. The van der Waals surface area contributed by atoms with Gasteiger partial charge in [0.1, 0.15) is 5.82 Å². The molecule has 21 heavy (non-hydrogen) atoms. The van der Waals surface area contributed by atoms with Crippen LogP contribution in [0, 0.1) is 6.92 Å². The van der Waals surface area contributed by atoms with Crippen LogP contribution in [0.4, 0.5) is 5.82 Å². The van der Waals surface area contributed by atoms with Gasteiger partial charge in [-0.3, -0.25) is 4.90 Å². The molecule has 2 N–H and O–H groups in total.